The lowest BCUT2D eigenvalue weighted by Crippen LogP contribution is -2.05. The van der Waals surface area contributed by atoms with Gasteiger partial charge in [-0.3, -0.25) is 0 Å². The van der Waals surface area contributed by atoms with Gasteiger partial charge in [-0.1, -0.05) is 11.8 Å². The zero-order valence-electron chi connectivity index (χ0n) is 8.29. The summed E-state index contributed by atoms with van der Waals surface area (Å²) in [5.41, 5.74) is 0.284. The molecule has 1 rings (SSSR count). The monoisotopic (exact) mass is 196 g/mol. The van der Waals surface area contributed by atoms with E-state index in [1.165, 1.54) is 10.9 Å². The minimum Gasteiger partial charge on any atom is -0.395 e. The van der Waals surface area contributed by atoms with Crippen LogP contribution in [-0.2, 0) is 0 Å². The quantitative estimate of drug-likeness (QED) is 0.725. The van der Waals surface area contributed by atoms with Crippen molar-refractivity contribution in [2.24, 2.45) is 0 Å². The van der Waals surface area contributed by atoms with Crippen molar-refractivity contribution >= 4 is 0 Å². The SMILES string of the molecule is CC(C)n1ncc(C#CCCO)c1F. The molecule has 1 aromatic heterocycles. The van der Waals surface area contributed by atoms with Crippen LogP contribution in [0.15, 0.2) is 6.20 Å². The second-order valence-corrected chi connectivity index (χ2v) is 3.16. The number of halogens is 1. The molecule has 0 amide bonds. The van der Waals surface area contributed by atoms with Crippen molar-refractivity contribution in [3.63, 3.8) is 0 Å². The zero-order chi connectivity index (χ0) is 10.6. The summed E-state index contributed by atoms with van der Waals surface area (Å²) >= 11 is 0. The average molecular weight is 196 g/mol. The summed E-state index contributed by atoms with van der Waals surface area (Å²) in [6.45, 7) is 3.69. The third-order valence-corrected chi connectivity index (χ3v) is 1.68. The van der Waals surface area contributed by atoms with E-state index in [0.717, 1.165) is 0 Å². The maximum atomic E-state index is 13.4. The molecule has 0 radical (unpaired) electrons. The molecule has 14 heavy (non-hydrogen) atoms. The topological polar surface area (TPSA) is 38.0 Å². The first kappa shape index (κ1) is 10.7. The highest BCUT2D eigenvalue weighted by Crippen LogP contribution is 2.10. The molecule has 0 bridgehead atoms. The maximum absolute atomic E-state index is 13.4. The number of hydrogen-bond donors (Lipinski definition) is 1. The molecule has 0 aliphatic carbocycles. The first-order valence-corrected chi connectivity index (χ1v) is 4.49. The Kier molecular flexibility index (Phi) is 3.66. The van der Waals surface area contributed by atoms with Crippen molar-refractivity contribution in [3.8, 4) is 11.8 Å². The van der Waals surface area contributed by atoms with Gasteiger partial charge in [0.25, 0.3) is 0 Å². The molecule has 1 aromatic rings. The summed E-state index contributed by atoms with van der Waals surface area (Å²) in [6, 6.07) is -0.0107. The fraction of sp³-hybridized carbons (Fsp3) is 0.500. The van der Waals surface area contributed by atoms with E-state index in [9.17, 15) is 4.39 Å². The van der Waals surface area contributed by atoms with E-state index in [2.05, 4.69) is 16.9 Å². The van der Waals surface area contributed by atoms with Gasteiger partial charge in [-0.2, -0.15) is 9.49 Å². The van der Waals surface area contributed by atoms with Gasteiger partial charge < -0.3 is 5.11 Å². The first-order chi connectivity index (χ1) is 6.66. The van der Waals surface area contributed by atoms with Crippen LogP contribution in [0.3, 0.4) is 0 Å². The van der Waals surface area contributed by atoms with Crippen molar-refractivity contribution < 1.29 is 9.50 Å². The van der Waals surface area contributed by atoms with Gasteiger partial charge in [-0.05, 0) is 13.8 Å². The third kappa shape index (κ3) is 2.33. The summed E-state index contributed by atoms with van der Waals surface area (Å²) in [6.07, 6.45) is 1.76. The van der Waals surface area contributed by atoms with E-state index < -0.39 is 5.95 Å². The lowest BCUT2D eigenvalue weighted by atomic mass is 10.3. The fourth-order valence-electron chi connectivity index (χ4n) is 1.00. The Morgan fingerprint density at radius 2 is 2.36 bits per heavy atom. The number of aliphatic hydroxyl groups excluding tert-OH is 1. The Morgan fingerprint density at radius 3 is 2.86 bits per heavy atom. The number of nitrogens with zero attached hydrogens (tertiary/aromatic N) is 2. The molecule has 0 atom stereocenters. The molecule has 0 aromatic carbocycles. The predicted octanol–water partition coefficient (Wildman–Crippen LogP) is 1.34. The Morgan fingerprint density at radius 1 is 1.64 bits per heavy atom. The van der Waals surface area contributed by atoms with Crippen LogP contribution in [0.4, 0.5) is 4.39 Å². The largest absolute Gasteiger partial charge is 0.395 e. The van der Waals surface area contributed by atoms with E-state index in [4.69, 9.17) is 5.11 Å². The van der Waals surface area contributed by atoms with Crippen molar-refractivity contribution in [2.75, 3.05) is 6.61 Å². The van der Waals surface area contributed by atoms with Crippen LogP contribution in [0.2, 0.25) is 0 Å². The molecule has 1 heterocycles. The van der Waals surface area contributed by atoms with Crippen molar-refractivity contribution in [2.45, 2.75) is 26.3 Å². The van der Waals surface area contributed by atoms with Gasteiger partial charge in [0.05, 0.1) is 18.4 Å². The molecule has 1 N–H and O–H groups in total. The van der Waals surface area contributed by atoms with Crippen molar-refractivity contribution in [3.05, 3.63) is 17.7 Å². The van der Waals surface area contributed by atoms with Crippen LogP contribution in [0, 0.1) is 17.8 Å². The van der Waals surface area contributed by atoms with Crippen LogP contribution < -0.4 is 0 Å². The molecule has 0 spiro atoms. The minimum atomic E-state index is -0.412. The van der Waals surface area contributed by atoms with Crippen LogP contribution in [-0.4, -0.2) is 21.5 Å². The molecule has 0 unspecified atom stereocenters. The lowest BCUT2D eigenvalue weighted by Gasteiger charge is -2.04. The molecule has 0 saturated heterocycles. The fourth-order valence-corrected chi connectivity index (χ4v) is 1.00. The summed E-state index contributed by atoms with van der Waals surface area (Å²) < 4.78 is 14.7. The standard InChI is InChI=1S/C10H13FN2O/c1-8(2)13-10(11)9(7-12-13)5-3-4-6-14/h7-8,14H,4,6H2,1-2H3. The first-order valence-electron chi connectivity index (χ1n) is 4.49. The Bertz CT molecular complexity index is 360. The van der Waals surface area contributed by atoms with Gasteiger partial charge in [-0.15, -0.1) is 0 Å². The highest BCUT2D eigenvalue weighted by atomic mass is 19.1. The third-order valence-electron chi connectivity index (χ3n) is 1.68. The van der Waals surface area contributed by atoms with Gasteiger partial charge in [-0.25, -0.2) is 4.68 Å². The molecule has 4 heteroatoms. The van der Waals surface area contributed by atoms with Gasteiger partial charge in [0.15, 0.2) is 0 Å². The molecule has 3 nitrogen and oxygen atoms in total. The van der Waals surface area contributed by atoms with Crippen LogP contribution in [0.5, 0.6) is 0 Å². The number of aliphatic hydroxyl groups is 1. The lowest BCUT2D eigenvalue weighted by molar-refractivity contribution is 0.305. The Labute approximate surface area is 82.6 Å². The molecule has 0 aliphatic heterocycles. The van der Waals surface area contributed by atoms with Gasteiger partial charge in [0.1, 0.15) is 0 Å². The van der Waals surface area contributed by atoms with E-state index in [0.29, 0.717) is 6.42 Å². The van der Waals surface area contributed by atoms with Crippen molar-refractivity contribution in [1.82, 2.24) is 9.78 Å². The van der Waals surface area contributed by atoms with E-state index >= 15 is 0 Å². The second-order valence-electron chi connectivity index (χ2n) is 3.16. The normalized spacial score (nSPS) is 10.1. The molecule has 0 aliphatic rings. The van der Waals surface area contributed by atoms with E-state index in [1.807, 2.05) is 13.8 Å². The predicted molar refractivity (Wildman–Crippen MR) is 51.2 cm³/mol. The summed E-state index contributed by atoms with van der Waals surface area (Å²) in [4.78, 5) is 0. The van der Waals surface area contributed by atoms with Crippen molar-refractivity contribution in [1.29, 1.82) is 0 Å². The molecular weight excluding hydrogens is 183 g/mol. The molecule has 0 fully saturated rings. The van der Waals surface area contributed by atoms with Gasteiger partial charge >= 0.3 is 0 Å². The van der Waals surface area contributed by atoms with Gasteiger partial charge in [0.2, 0.25) is 5.95 Å². The van der Waals surface area contributed by atoms with Crippen LogP contribution in [0.25, 0.3) is 0 Å². The number of rotatable bonds is 2. The summed E-state index contributed by atoms with van der Waals surface area (Å²) in [7, 11) is 0. The molecule has 0 saturated carbocycles. The average Bonchev–Trinajstić information content (AvgIpc) is 2.48. The second kappa shape index (κ2) is 4.77. The Hall–Kier alpha value is -1.34. The minimum absolute atomic E-state index is 0.00701. The Balaban J connectivity index is 2.86. The highest BCUT2D eigenvalue weighted by Gasteiger charge is 2.10. The molecular formula is C10H13FN2O. The zero-order valence-corrected chi connectivity index (χ0v) is 8.29. The molecule has 76 valence electrons. The van der Waals surface area contributed by atoms with Crippen LogP contribution >= 0.6 is 0 Å². The smallest absolute Gasteiger partial charge is 0.227 e. The van der Waals surface area contributed by atoms with Crippen LogP contribution in [0.1, 0.15) is 31.9 Å². The highest BCUT2D eigenvalue weighted by molar-refractivity contribution is 5.31. The van der Waals surface area contributed by atoms with E-state index in [1.54, 1.807) is 0 Å². The number of aromatic nitrogens is 2. The van der Waals surface area contributed by atoms with E-state index in [-0.39, 0.29) is 18.2 Å². The maximum Gasteiger partial charge on any atom is 0.227 e. The summed E-state index contributed by atoms with van der Waals surface area (Å²) in [5.74, 6) is 4.86. The summed E-state index contributed by atoms with van der Waals surface area (Å²) in [5, 5.41) is 12.4. The number of hydrogen-bond acceptors (Lipinski definition) is 2. The van der Waals surface area contributed by atoms with Gasteiger partial charge in [0, 0.05) is 12.5 Å².